The van der Waals surface area contributed by atoms with E-state index >= 15 is 0 Å². The normalized spacial score (nSPS) is 20.2. The number of carbonyl (C=O) groups is 1. The summed E-state index contributed by atoms with van der Waals surface area (Å²) in [6.45, 7) is 6.17. The standard InChI is InChI=1S/C15H23N3O2/c1-11(8-15-10-20-7-6-16-15)17-13-4-3-5-14(9-13)18-12(2)19/h3-5,9,11,15-17H,6-8,10H2,1-2H3,(H,18,19). The largest absolute Gasteiger partial charge is 0.382 e. The Bertz CT molecular complexity index is 444. The molecule has 0 radical (unpaired) electrons. The summed E-state index contributed by atoms with van der Waals surface area (Å²) in [5, 5.41) is 9.70. The van der Waals surface area contributed by atoms with Crippen LogP contribution in [0.3, 0.4) is 0 Å². The van der Waals surface area contributed by atoms with Crippen molar-refractivity contribution < 1.29 is 9.53 Å². The highest BCUT2D eigenvalue weighted by Crippen LogP contribution is 2.17. The van der Waals surface area contributed by atoms with Crippen molar-refractivity contribution >= 4 is 17.3 Å². The second-order valence-electron chi connectivity index (χ2n) is 5.27. The SMILES string of the molecule is CC(=O)Nc1cccc(NC(C)CC2COCCN2)c1. The third-order valence-electron chi connectivity index (χ3n) is 3.23. The van der Waals surface area contributed by atoms with Gasteiger partial charge in [-0.2, -0.15) is 0 Å². The quantitative estimate of drug-likeness (QED) is 0.768. The van der Waals surface area contributed by atoms with E-state index in [9.17, 15) is 4.79 Å². The van der Waals surface area contributed by atoms with Crippen LogP contribution in [0, 0.1) is 0 Å². The van der Waals surface area contributed by atoms with Crippen LogP contribution in [0.4, 0.5) is 11.4 Å². The molecule has 0 aliphatic carbocycles. The zero-order valence-corrected chi connectivity index (χ0v) is 12.1. The smallest absolute Gasteiger partial charge is 0.221 e. The van der Waals surface area contributed by atoms with Gasteiger partial charge in [0.15, 0.2) is 0 Å². The van der Waals surface area contributed by atoms with Gasteiger partial charge < -0.3 is 20.7 Å². The highest BCUT2D eigenvalue weighted by molar-refractivity contribution is 5.89. The summed E-state index contributed by atoms with van der Waals surface area (Å²) in [6, 6.07) is 8.51. The van der Waals surface area contributed by atoms with Crippen LogP contribution in [-0.4, -0.2) is 37.7 Å². The average Bonchev–Trinajstić information content (AvgIpc) is 2.39. The van der Waals surface area contributed by atoms with E-state index in [0.29, 0.717) is 12.1 Å². The summed E-state index contributed by atoms with van der Waals surface area (Å²) < 4.78 is 5.46. The molecule has 5 nitrogen and oxygen atoms in total. The number of carbonyl (C=O) groups excluding carboxylic acids is 1. The van der Waals surface area contributed by atoms with Gasteiger partial charge in [0, 0.05) is 36.9 Å². The zero-order chi connectivity index (χ0) is 14.4. The minimum atomic E-state index is -0.0567. The molecule has 0 saturated carbocycles. The van der Waals surface area contributed by atoms with E-state index in [0.717, 1.165) is 37.6 Å². The molecule has 110 valence electrons. The maximum atomic E-state index is 11.1. The van der Waals surface area contributed by atoms with Gasteiger partial charge in [0.1, 0.15) is 0 Å². The van der Waals surface area contributed by atoms with Crippen molar-refractivity contribution in [2.75, 3.05) is 30.4 Å². The second kappa shape index (κ2) is 7.26. The summed E-state index contributed by atoms with van der Waals surface area (Å²) in [4.78, 5) is 11.1. The van der Waals surface area contributed by atoms with E-state index in [1.807, 2.05) is 24.3 Å². The molecule has 0 bridgehead atoms. The van der Waals surface area contributed by atoms with Crippen LogP contribution in [0.25, 0.3) is 0 Å². The number of hydrogen-bond donors (Lipinski definition) is 3. The molecule has 20 heavy (non-hydrogen) atoms. The Morgan fingerprint density at radius 2 is 2.30 bits per heavy atom. The molecule has 2 rings (SSSR count). The van der Waals surface area contributed by atoms with Crippen molar-refractivity contribution in [3.8, 4) is 0 Å². The molecule has 1 aliphatic rings. The monoisotopic (exact) mass is 277 g/mol. The van der Waals surface area contributed by atoms with Gasteiger partial charge in [-0.15, -0.1) is 0 Å². The maximum absolute atomic E-state index is 11.1. The molecule has 2 atom stereocenters. The van der Waals surface area contributed by atoms with Gasteiger partial charge in [0.25, 0.3) is 0 Å². The van der Waals surface area contributed by atoms with Gasteiger partial charge in [0.05, 0.1) is 13.2 Å². The van der Waals surface area contributed by atoms with Crippen molar-refractivity contribution in [3.05, 3.63) is 24.3 Å². The highest BCUT2D eigenvalue weighted by atomic mass is 16.5. The Hall–Kier alpha value is -1.59. The topological polar surface area (TPSA) is 62.4 Å². The Labute approximate surface area is 120 Å². The fraction of sp³-hybridized carbons (Fsp3) is 0.533. The van der Waals surface area contributed by atoms with Crippen molar-refractivity contribution in [3.63, 3.8) is 0 Å². The molecule has 1 aliphatic heterocycles. The van der Waals surface area contributed by atoms with E-state index < -0.39 is 0 Å². The van der Waals surface area contributed by atoms with Crippen LogP contribution in [0.2, 0.25) is 0 Å². The van der Waals surface area contributed by atoms with Crippen LogP contribution < -0.4 is 16.0 Å². The van der Waals surface area contributed by atoms with Gasteiger partial charge in [-0.3, -0.25) is 4.79 Å². The Morgan fingerprint density at radius 3 is 3.00 bits per heavy atom. The van der Waals surface area contributed by atoms with E-state index in [2.05, 4.69) is 22.9 Å². The Kier molecular flexibility index (Phi) is 5.38. The molecule has 1 heterocycles. The second-order valence-corrected chi connectivity index (χ2v) is 5.27. The number of morpholine rings is 1. The van der Waals surface area contributed by atoms with Gasteiger partial charge >= 0.3 is 0 Å². The van der Waals surface area contributed by atoms with Crippen LogP contribution in [0.1, 0.15) is 20.3 Å². The number of ether oxygens (including phenoxy) is 1. The molecule has 3 N–H and O–H groups in total. The third kappa shape index (κ3) is 4.83. The molecule has 0 spiro atoms. The van der Waals surface area contributed by atoms with E-state index in [4.69, 9.17) is 4.74 Å². The third-order valence-corrected chi connectivity index (χ3v) is 3.23. The lowest BCUT2D eigenvalue weighted by molar-refractivity contribution is -0.114. The van der Waals surface area contributed by atoms with Crippen LogP contribution in [-0.2, 0) is 9.53 Å². The molecular weight excluding hydrogens is 254 g/mol. The van der Waals surface area contributed by atoms with Gasteiger partial charge in [-0.1, -0.05) is 6.07 Å². The minimum absolute atomic E-state index is 0.0567. The number of anilines is 2. The number of rotatable bonds is 5. The summed E-state index contributed by atoms with van der Waals surface area (Å²) in [5.41, 5.74) is 1.83. The molecule has 0 aromatic heterocycles. The first-order valence-electron chi connectivity index (χ1n) is 7.09. The van der Waals surface area contributed by atoms with E-state index in [1.54, 1.807) is 0 Å². The lowest BCUT2D eigenvalue weighted by Crippen LogP contribution is -2.43. The fourth-order valence-corrected chi connectivity index (χ4v) is 2.43. The predicted octanol–water partition coefficient (Wildman–Crippen LogP) is 1.82. The number of hydrogen-bond acceptors (Lipinski definition) is 4. The van der Waals surface area contributed by atoms with Crippen molar-refractivity contribution in [1.29, 1.82) is 0 Å². The first kappa shape index (κ1) is 14.8. The minimum Gasteiger partial charge on any atom is -0.382 e. The molecule has 1 amide bonds. The zero-order valence-electron chi connectivity index (χ0n) is 12.1. The van der Waals surface area contributed by atoms with Crippen molar-refractivity contribution in [1.82, 2.24) is 5.32 Å². The number of benzene rings is 1. The maximum Gasteiger partial charge on any atom is 0.221 e. The average molecular weight is 277 g/mol. The van der Waals surface area contributed by atoms with Crippen molar-refractivity contribution in [2.24, 2.45) is 0 Å². The predicted molar refractivity (Wildman–Crippen MR) is 81.1 cm³/mol. The first-order chi connectivity index (χ1) is 9.63. The molecule has 5 heteroatoms. The van der Waals surface area contributed by atoms with Gasteiger partial charge in [-0.05, 0) is 31.5 Å². The molecule has 1 saturated heterocycles. The van der Waals surface area contributed by atoms with Gasteiger partial charge in [0.2, 0.25) is 5.91 Å². The van der Waals surface area contributed by atoms with Crippen LogP contribution in [0.15, 0.2) is 24.3 Å². The van der Waals surface area contributed by atoms with Crippen LogP contribution in [0.5, 0.6) is 0 Å². The molecule has 1 aromatic carbocycles. The summed E-state index contributed by atoms with van der Waals surface area (Å²) in [6.07, 6.45) is 1.00. The Morgan fingerprint density at radius 1 is 1.50 bits per heavy atom. The fourth-order valence-electron chi connectivity index (χ4n) is 2.43. The summed E-state index contributed by atoms with van der Waals surface area (Å²) >= 11 is 0. The van der Waals surface area contributed by atoms with E-state index in [1.165, 1.54) is 6.92 Å². The summed E-state index contributed by atoms with van der Waals surface area (Å²) in [7, 11) is 0. The lowest BCUT2D eigenvalue weighted by atomic mass is 10.1. The molecule has 1 fully saturated rings. The highest BCUT2D eigenvalue weighted by Gasteiger charge is 2.16. The lowest BCUT2D eigenvalue weighted by Gasteiger charge is -2.27. The number of nitrogens with one attached hydrogen (secondary N) is 3. The van der Waals surface area contributed by atoms with E-state index in [-0.39, 0.29) is 5.91 Å². The first-order valence-corrected chi connectivity index (χ1v) is 7.09. The van der Waals surface area contributed by atoms with Crippen LogP contribution >= 0.6 is 0 Å². The molecule has 1 aromatic rings. The summed E-state index contributed by atoms with van der Waals surface area (Å²) in [5.74, 6) is -0.0567. The Balaban J connectivity index is 1.86. The molecular formula is C15H23N3O2. The number of amides is 1. The molecule has 2 unspecified atom stereocenters. The van der Waals surface area contributed by atoms with Crippen molar-refractivity contribution in [2.45, 2.75) is 32.4 Å². The van der Waals surface area contributed by atoms with Gasteiger partial charge in [-0.25, -0.2) is 0 Å².